The Morgan fingerprint density at radius 1 is 0.955 bits per heavy atom. The Bertz CT molecular complexity index is 653. The molecule has 1 heterocycles. The Kier molecular flexibility index (Phi) is 5.57. The van der Waals surface area contributed by atoms with Gasteiger partial charge in [0.2, 0.25) is 0 Å². The average molecular weight is 293 g/mol. The van der Waals surface area contributed by atoms with Crippen molar-refractivity contribution < 1.29 is 0 Å². The Morgan fingerprint density at radius 3 is 2.27 bits per heavy atom. The minimum Gasteiger partial charge on any atom is -0.306 e. The number of aryl methyl sites for hydroxylation is 2. The summed E-state index contributed by atoms with van der Waals surface area (Å²) in [5.41, 5.74) is 8.29. The summed E-state index contributed by atoms with van der Waals surface area (Å²) in [5, 5.41) is 3.58. The van der Waals surface area contributed by atoms with Crippen molar-refractivity contribution in [3.63, 3.8) is 0 Å². The number of rotatable bonds is 2. The molecule has 1 atom stereocenters. The molecule has 1 unspecified atom stereocenters. The zero-order chi connectivity index (χ0) is 16.1. The first-order chi connectivity index (χ1) is 10.7. The number of hydrogen-bond acceptors (Lipinski definition) is 1. The summed E-state index contributed by atoms with van der Waals surface area (Å²) in [7, 11) is 0. The molecule has 3 rings (SSSR count). The van der Waals surface area contributed by atoms with Crippen molar-refractivity contribution >= 4 is 11.1 Å². The van der Waals surface area contributed by atoms with Gasteiger partial charge in [0, 0.05) is 12.6 Å². The van der Waals surface area contributed by atoms with Crippen molar-refractivity contribution in [3.05, 3.63) is 70.8 Å². The molecule has 2 aromatic carbocycles. The van der Waals surface area contributed by atoms with Gasteiger partial charge in [-0.3, -0.25) is 0 Å². The fourth-order valence-corrected chi connectivity index (χ4v) is 3.15. The van der Waals surface area contributed by atoms with Crippen LogP contribution in [-0.2, 0) is 0 Å². The second kappa shape index (κ2) is 7.42. The van der Waals surface area contributed by atoms with Gasteiger partial charge in [-0.2, -0.15) is 0 Å². The summed E-state index contributed by atoms with van der Waals surface area (Å²) in [6.07, 6.45) is 0. The van der Waals surface area contributed by atoms with Crippen molar-refractivity contribution in [2.45, 2.75) is 40.7 Å². The van der Waals surface area contributed by atoms with Crippen LogP contribution in [-0.4, -0.2) is 12.6 Å². The average Bonchev–Trinajstić information content (AvgIpc) is 2.92. The summed E-state index contributed by atoms with van der Waals surface area (Å²) in [5.74, 6) is 0. The molecule has 22 heavy (non-hydrogen) atoms. The maximum absolute atomic E-state index is 3.58. The fourth-order valence-electron chi connectivity index (χ4n) is 3.15. The van der Waals surface area contributed by atoms with Gasteiger partial charge in [-0.05, 0) is 48.6 Å². The smallest absolute Gasteiger partial charge is 0.0304 e. The van der Waals surface area contributed by atoms with Crippen LogP contribution in [0, 0.1) is 13.8 Å². The zero-order valence-electron chi connectivity index (χ0n) is 14.4. The maximum Gasteiger partial charge on any atom is 0.0304 e. The molecule has 1 aliphatic heterocycles. The van der Waals surface area contributed by atoms with Crippen molar-refractivity contribution in [2.75, 3.05) is 6.54 Å². The summed E-state index contributed by atoms with van der Waals surface area (Å²) in [4.78, 5) is 0. The maximum atomic E-state index is 3.58. The van der Waals surface area contributed by atoms with Crippen LogP contribution in [0.3, 0.4) is 0 Å². The third kappa shape index (κ3) is 3.31. The van der Waals surface area contributed by atoms with Gasteiger partial charge in [0.1, 0.15) is 0 Å². The minimum atomic E-state index is 0.410. The van der Waals surface area contributed by atoms with Crippen LogP contribution in [0.5, 0.6) is 0 Å². The van der Waals surface area contributed by atoms with E-state index in [1.54, 1.807) is 0 Å². The summed E-state index contributed by atoms with van der Waals surface area (Å²) in [6, 6.07) is 17.9. The summed E-state index contributed by atoms with van der Waals surface area (Å²) < 4.78 is 0. The van der Waals surface area contributed by atoms with Crippen molar-refractivity contribution in [2.24, 2.45) is 0 Å². The number of benzene rings is 2. The molecule has 2 aromatic rings. The Morgan fingerprint density at radius 2 is 1.64 bits per heavy atom. The molecule has 1 N–H and O–H groups in total. The normalized spacial score (nSPS) is 17.2. The lowest BCUT2D eigenvalue weighted by Crippen LogP contribution is -2.20. The van der Waals surface area contributed by atoms with Gasteiger partial charge in [0.25, 0.3) is 0 Å². The first-order valence-corrected chi connectivity index (χ1v) is 8.26. The van der Waals surface area contributed by atoms with Gasteiger partial charge in [-0.1, -0.05) is 67.9 Å². The van der Waals surface area contributed by atoms with E-state index in [9.17, 15) is 0 Å². The molecular formula is C21H27N. The monoisotopic (exact) mass is 293 g/mol. The molecule has 0 aromatic heterocycles. The van der Waals surface area contributed by atoms with Gasteiger partial charge in [0.15, 0.2) is 0 Å². The van der Waals surface area contributed by atoms with E-state index in [0.29, 0.717) is 6.04 Å². The molecule has 0 amide bonds. The SMILES string of the molecule is CC.Cc1ccc(C2=C(c3ccccc3)C(C)NC2)c(C)c1. The molecule has 1 heteroatoms. The topological polar surface area (TPSA) is 12.0 Å². The molecule has 0 radical (unpaired) electrons. The predicted octanol–water partition coefficient (Wildman–Crippen LogP) is 5.23. The molecule has 0 aliphatic carbocycles. The van der Waals surface area contributed by atoms with Crippen LogP contribution in [0.25, 0.3) is 11.1 Å². The lowest BCUT2D eigenvalue weighted by atomic mass is 9.91. The van der Waals surface area contributed by atoms with E-state index in [1.807, 2.05) is 13.8 Å². The lowest BCUT2D eigenvalue weighted by molar-refractivity contribution is 0.738. The third-order valence-electron chi connectivity index (χ3n) is 4.13. The van der Waals surface area contributed by atoms with Crippen LogP contribution < -0.4 is 5.32 Å². The van der Waals surface area contributed by atoms with E-state index in [1.165, 1.54) is 33.4 Å². The molecule has 0 saturated carbocycles. The van der Waals surface area contributed by atoms with Crippen LogP contribution in [0.2, 0.25) is 0 Å². The van der Waals surface area contributed by atoms with Gasteiger partial charge >= 0.3 is 0 Å². The highest BCUT2D eigenvalue weighted by Crippen LogP contribution is 2.34. The van der Waals surface area contributed by atoms with E-state index in [-0.39, 0.29) is 0 Å². The van der Waals surface area contributed by atoms with Gasteiger partial charge in [-0.25, -0.2) is 0 Å². The molecule has 0 saturated heterocycles. The van der Waals surface area contributed by atoms with E-state index < -0.39 is 0 Å². The highest BCUT2D eigenvalue weighted by Gasteiger charge is 2.24. The Hall–Kier alpha value is -1.86. The molecule has 0 bridgehead atoms. The van der Waals surface area contributed by atoms with Crippen LogP contribution in [0.4, 0.5) is 0 Å². The van der Waals surface area contributed by atoms with E-state index in [0.717, 1.165) is 6.54 Å². The standard InChI is InChI=1S/C19H21N.C2H6/c1-13-9-10-17(14(2)11-13)18-12-20-15(3)19(18)16-7-5-4-6-8-16;1-2/h4-11,15,20H,12H2,1-3H3;1-2H3. The molecule has 1 nitrogen and oxygen atoms in total. The number of hydrogen-bond donors (Lipinski definition) is 1. The molecule has 1 aliphatic rings. The number of nitrogens with one attached hydrogen (secondary N) is 1. The fraction of sp³-hybridized carbons (Fsp3) is 0.333. The van der Waals surface area contributed by atoms with Crippen molar-refractivity contribution in [3.8, 4) is 0 Å². The summed E-state index contributed by atoms with van der Waals surface area (Å²) >= 11 is 0. The first-order valence-electron chi connectivity index (χ1n) is 8.26. The summed E-state index contributed by atoms with van der Waals surface area (Å²) in [6.45, 7) is 11.6. The highest BCUT2D eigenvalue weighted by molar-refractivity contribution is 5.96. The first kappa shape index (κ1) is 16.5. The van der Waals surface area contributed by atoms with E-state index in [4.69, 9.17) is 0 Å². The van der Waals surface area contributed by atoms with Crippen molar-refractivity contribution in [1.29, 1.82) is 0 Å². The quantitative estimate of drug-likeness (QED) is 0.799. The van der Waals surface area contributed by atoms with Crippen molar-refractivity contribution in [1.82, 2.24) is 5.32 Å². The zero-order valence-corrected chi connectivity index (χ0v) is 14.4. The third-order valence-corrected chi connectivity index (χ3v) is 4.13. The largest absolute Gasteiger partial charge is 0.306 e. The Labute approximate surface area is 135 Å². The second-order valence-corrected chi connectivity index (χ2v) is 5.68. The van der Waals surface area contributed by atoms with E-state index in [2.05, 4.69) is 74.6 Å². The molecule has 116 valence electrons. The molecule has 0 fully saturated rings. The Balaban J connectivity index is 0.000000847. The van der Waals surface area contributed by atoms with Gasteiger partial charge in [0.05, 0.1) is 0 Å². The predicted molar refractivity (Wildman–Crippen MR) is 98.0 cm³/mol. The van der Waals surface area contributed by atoms with Crippen LogP contribution >= 0.6 is 0 Å². The molecule has 0 spiro atoms. The van der Waals surface area contributed by atoms with Crippen LogP contribution in [0.1, 0.15) is 43.0 Å². The van der Waals surface area contributed by atoms with E-state index >= 15 is 0 Å². The van der Waals surface area contributed by atoms with Gasteiger partial charge in [-0.15, -0.1) is 0 Å². The minimum absolute atomic E-state index is 0.410. The molecular weight excluding hydrogens is 266 g/mol. The van der Waals surface area contributed by atoms with Crippen LogP contribution in [0.15, 0.2) is 48.5 Å². The van der Waals surface area contributed by atoms with Gasteiger partial charge < -0.3 is 5.32 Å². The lowest BCUT2D eigenvalue weighted by Gasteiger charge is -2.13. The highest BCUT2D eigenvalue weighted by atomic mass is 14.9. The second-order valence-electron chi connectivity index (χ2n) is 5.68.